The first kappa shape index (κ1) is 21.7. The first-order valence-corrected chi connectivity index (χ1v) is 8.76. The fourth-order valence-corrected chi connectivity index (χ4v) is 2.74. The summed E-state index contributed by atoms with van der Waals surface area (Å²) < 4.78 is 10.2. The van der Waals surface area contributed by atoms with Crippen LogP contribution in [-0.2, 0) is 19.8 Å². The number of nitrogens with zero attached hydrogens (tertiary/aromatic N) is 1. The lowest BCUT2D eigenvalue weighted by atomic mass is 9.79. The van der Waals surface area contributed by atoms with Gasteiger partial charge in [-0.15, -0.1) is 10.1 Å². The molecule has 0 saturated heterocycles. The average Bonchev–Trinajstić information content (AvgIpc) is 2.69. The number of carboxylic acids is 1. The fourth-order valence-electron chi connectivity index (χ4n) is 2.74. The minimum atomic E-state index is -1.27. The van der Waals surface area contributed by atoms with E-state index in [9.17, 15) is 24.8 Å². The van der Waals surface area contributed by atoms with Crippen LogP contribution < -0.4 is 10.1 Å². The van der Waals surface area contributed by atoms with E-state index in [1.54, 1.807) is 32.2 Å². The summed E-state index contributed by atoms with van der Waals surface area (Å²) in [5, 5.41) is 22.9. The summed E-state index contributed by atoms with van der Waals surface area (Å²) in [5.41, 5.74) is -0.700. The molecule has 2 aromatic carbocycles. The summed E-state index contributed by atoms with van der Waals surface area (Å²) in [5.74, 6) is -0.344. The van der Waals surface area contributed by atoms with Gasteiger partial charge in [0.2, 0.25) is 0 Å². The molecule has 2 N–H and O–H groups in total. The SMILES string of the molecule is COc1ccc2cc([C@](C)(CCOC(=O)NCCO[N+](=O)[O-])C(=O)O)ccc2c1. The van der Waals surface area contributed by atoms with Gasteiger partial charge in [0, 0.05) is 13.0 Å². The van der Waals surface area contributed by atoms with Crippen molar-refractivity contribution >= 4 is 22.8 Å². The Kier molecular flexibility index (Phi) is 7.18. The number of nitrogens with one attached hydrogen (secondary N) is 1. The summed E-state index contributed by atoms with van der Waals surface area (Å²) in [6.07, 6.45) is -0.765. The van der Waals surface area contributed by atoms with Crippen LogP contribution in [0, 0.1) is 10.1 Å². The highest BCUT2D eigenvalue weighted by molar-refractivity contribution is 5.88. The quantitative estimate of drug-likeness (QED) is 0.349. The lowest BCUT2D eigenvalue weighted by Crippen LogP contribution is -2.35. The summed E-state index contributed by atoms with van der Waals surface area (Å²) in [7, 11) is 1.57. The zero-order valence-corrected chi connectivity index (χ0v) is 16.0. The highest BCUT2D eigenvalue weighted by Gasteiger charge is 2.35. The predicted octanol–water partition coefficient (Wildman–Crippen LogP) is 2.52. The van der Waals surface area contributed by atoms with Gasteiger partial charge in [-0.1, -0.05) is 24.3 Å². The third-order valence-corrected chi connectivity index (χ3v) is 4.56. The number of carbonyl (C=O) groups excluding carboxylic acids is 1. The first-order chi connectivity index (χ1) is 13.8. The molecule has 10 heteroatoms. The molecule has 0 radical (unpaired) electrons. The molecule has 156 valence electrons. The van der Waals surface area contributed by atoms with E-state index in [0.29, 0.717) is 11.3 Å². The van der Waals surface area contributed by atoms with Crippen LogP contribution in [0.4, 0.5) is 4.79 Å². The Morgan fingerprint density at radius 2 is 1.86 bits per heavy atom. The second-order valence-electron chi connectivity index (χ2n) is 6.43. The molecule has 0 bridgehead atoms. The van der Waals surface area contributed by atoms with Crippen molar-refractivity contribution < 1.29 is 34.1 Å². The van der Waals surface area contributed by atoms with E-state index in [0.717, 1.165) is 10.8 Å². The Morgan fingerprint density at radius 3 is 2.52 bits per heavy atom. The molecule has 10 nitrogen and oxygen atoms in total. The van der Waals surface area contributed by atoms with Crippen molar-refractivity contribution in [2.75, 3.05) is 26.9 Å². The van der Waals surface area contributed by atoms with Crippen LogP contribution in [0.15, 0.2) is 36.4 Å². The average molecular weight is 406 g/mol. The van der Waals surface area contributed by atoms with Gasteiger partial charge in [-0.05, 0) is 35.4 Å². The molecule has 1 atom stereocenters. The van der Waals surface area contributed by atoms with Gasteiger partial charge >= 0.3 is 12.1 Å². The Bertz CT molecular complexity index is 901. The van der Waals surface area contributed by atoms with E-state index in [1.807, 2.05) is 18.2 Å². The van der Waals surface area contributed by atoms with Gasteiger partial charge in [-0.3, -0.25) is 4.79 Å². The van der Waals surface area contributed by atoms with E-state index in [1.165, 1.54) is 0 Å². The summed E-state index contributed by atoms with van der Waals surface area (Å²) in [6, 6.07) is 10.8. The molecule has 2 rings (SSSR count). The van der Waals surface area contributed by atoms with Crippen molar-refractivity contribution in [2.45, 2.75) is 18.8 Å². The molecule has 0 saturated carbocycles. The van der Waals surface area contributed by atoms with Crippen LogP contribution >= 0.6 is 0 Å². The van der Waals surface area contributed by atoms with Crippen molar-refractivity contribution in [1.82, 2.24) is 5.32 Å². The molecular weight excluding hydrogens is 384 g/mol. The molecule has 29 heavy (non-hydrogen) atoms. The minimum absolute atomic E-state index is 0.0445. The zero-order valence-electron chi connectivity index (χ0n) is 16.0. The number of hydrogen-bond acceptors (Lipinski definition) is 7. The largest absolute Gasteiger partial charge is 0.497 e. The van der Waals surface area contributed by atoms with E-state index >= 15 is 0 Å². The smallest absolute Gasteiger partial charge is 0.407 e. The van der Waals surface area contributed by atoms with E-state index in [-0.39, 0.29) is 26.2 Å². The maximum atomic E-state index is 12.0. The number of fused-ring (bicyclic) bond motifs is 1. The number of carbonyl (C=O) groups is 2. The molecule has 0 aromatic heterocycles. The maximum Gasteiger partial charge on any atom is 0.407 e. The van der Waals surface area contributed by atoms with Crippen LogP contribution in [0.5, 0.6) is 5.75 Å². The van der Waals surface area contributed by atoms with Crippen molar-refractivity contribution in [3.8, 4) is 5.75 Å². The third-order valence-electron chi connectivity index (χ3n) is 4.56. The van der Waals surface area contributed by atoms with Gasteiger partial charge < -0.3 is 24.7 Å². The minimum Gasteiger partial charge on any atom is -0.497 e. The maximum absolute atomic E-state index is 12.0. The number of amides is 1. The molecule has 0 aliphatic rings. The number of aliphatic carboxylic acids is 1. The summed E-state index contributed by atoms with van der Waals surface area (Å²) >= 11 is 0. The van der Waals surface area contributed by atoms with Gasteiger partial charge in [0.25, 0.3) is 5.09 Å². The standard InChI is InChI=1S/C19H22N2O8/c1-19(17(22)23,7-9-28-18(24)20-8-10-29-21(25)26)15-5-3-14-12-16(27-2)6-4-13(14)11-15/h3-6,11-12H,7-10H2,1-2H3,(H,20,24)(H,22,23)/t19-/m0/s1. The van der Waals surface area contributed by atoms with Gasteiger partial charge in [-0.2, -0.15) is 0 Å². The van der Waals surface area contributed by atoms with Gasteiger partial charge in [0.05, 0.1) is 19.1 Å². The topological polar surface area (TPSA) is 137 Å². The van der Waals surface area contributed by atoms with Crippen molar-refractivity contribution in [2.24, 2.45) is 0 Å². The number of alkyl carbamates (subject to hydrolysis) is 1. The van der Waals surface area contributed by atoms with Gasteiger partial charge in [-0.25, -0.2) is 4.79 Å². The van der Waals surface area contributed by atoms with Crippen LogP contribution in [-0.4, -0.2) is 49.1 Å². The van der Waals surface area contributed by atoms with E-state index in [4.69, 9.17) is 9.47 Å². The van der Waals surface area contributed by atoms with Crippen molar-refractivity contribution in [1.29, 1.82) is 0 Å². The normalized spacial score (nSPS) is 12.6. The molecule has 0 aliphatic carbocycles. The number of rotatable bonds is 10. The molecule has 0 aliphatic heterocycles. The Hall–Kier alpha value is -3.56. The monoisotopic (exact) mass is 406 g/mol. The molecular formula is C19H22N2O8. The summed E-state index contributed by atoms with van der Waals surface area (Å²) in [4.78, 5) is 37.6. The Balaban J connectivity index is 2.02. The molecule has 0 spiro atoms. The molecule has 0 fully saturated rings. The predicted molar refractivity (Wildman–Crippen MR) is 102 cm³/mol. The molecule has 1 amide bonds. The number of hydrogen-bond donors (Lipinski definition) is 2. The van der Waals surface area contributed by atoms with Crippen LogP contribution in [0.1, 0.15) is 18.9 Å². The lowest BCUT2D eigenvalue weighted by molar-refractivity contribution is -0.757. The molecule has 0 unspecified atom stereocenters. The number of methoxy groups -OCH3 is 1. The van der Waals surface area contributed by atoms with Crippen molar-refractivity contribution in [3.63, 3.8) is 0 Å². The lowest BCUT2D eigenvalue weighted by Gasteiger charge is -2.25. The zero-order chi connectivity index (χ0) is 21.4. The molecule has 2 aromatic rings. The second kappa shape index (κ2) is 9.58. The number of carboxylic acid groups (broad SMARTS) is 1. The van der Waals surface area contributed by atoms with Crippen LogP contribution in [0.3, 0.4) is 0 Å². The van der Waals surface area contributed by atoms with Gasteiger partial charge in [0.15, 0.2) is 0 Å². The van der Waals surface area contributed by atoms with Crippen molar-refractivity contribution in [3.05, 3.63) is 52.1 Å². The first-order valence-electron chi connectivity index (χ1n) is 8.76. The van der Waals surface area contributed by atoms with E-state index in [2.05, 4.69) is 10.2 Å². The van der Waals surface area contributed by atoms with E-state index < -0.39 is 22.6 Å². The van der Waals surface area contributed by atoms with Crippen LogP contribution in [0.2, 0.25) is 0 Å². The second-order valence-corrected chi connectivity index (χ2v) is 6.43. The Morgan fingerprint density at radius 1 is 1.17 bits per heavy atom. The van der Waals surface area contributed by atoms with Crippen LogP contribution in [0.25, 0.3) is 10.8 Å². The summed E-state index contributed by atoms with van der Waals surface area (Å²) in [6.45, 7) is 0.999. The highest BCUT2D eigenvalue weighted by atomic mass is 16.9. The van der Waals surface area contributed by atoms with Gasteiger partial charge in [0.1, 0.15) is 12.4 Å². The highest BCUT2D eigenvalue weighted by Crippen LogP contribution is 2.31. The number of benzene rings is 2. The fraction of sp³-hybridized carbons (Fsp3) is 0.368. The molecule has 0 heterocycles. The third kappa shape index (κ3) is 5.71. The number of ether oxygens (including phenoxy) is 2. The Labute approximate surface area is 166 Å².